The van der Waals surface area contributed by atoms with Gasteiger partial charge in [-0.25, -0.2) is 4.79 Å². The maximum absolute atomic E-state index is 10.2. The van der Waals surface area contributed by atoms with Gasteiger partial charge in [0.1, 0.15) is 0 Å². The van der Waals surface area contributed by atoms with Gasteiger partial charge in [-0.2, -0.15) is 9.97 Å². The fraction of sp³-hybridized carbons (Fsp3) is 0.167. The van der Waals surface area contributed by atoms with Gasteiger partial charge in [-0.3, -0.25) is 0 Å². The molecule has 0 atom stereocenters. The van der Waals surface area contributed by atoms with Crippen LogP contribution in [0.3, 0.4) is 0 Å². The normalized spacial score (nSPS) is 9.08. The van der Waals surface area contributed by atoms with Crippen LogP contribution in [-0.2, 0) is 0 Å². The van der Waals surface area contributed by atoms with Gasteiger partial charge in [0.25, 0.3) is 0 Å². The van der Waals surface area contributed by atoms with Crippen molar-refractivity contribution in [1.29, 1.82) is 0 Å². The predicted molar refractivity (Wildman–Crippen MR) is 38.8 cm³/mol. The predicted octanol–water partition coefficient (Wildman–Crippen LogP) is -0.0573. The average molecular weight is 169 g/mol. The van der Waals surface area contributed by atoms with Crippen molar-refractivity contribution < 1.29 is 14.3 Å². The van der Waals surface area contributed by atoms with Crippen molar-refractivity contribution in [3.8, 4) is 11.8 Å². The van der Waals surface area contributed by atoms with Gasteiger partial charge in [-0.15, -0.1) is 0 Å². The van der Waals surface area contributed by atoms with Crippen LogP contribution in [0.4, 0.5) is 4.79 Å². The van der Waals surface area contributed by atoms with Gasteiger partial charge in [-0.05, 0) is 0 Å². The summed E-state index contributed by atoms with van der Waals surface area (Å²) in [4.78, 5) is 17.6. The summed E-state index contributed by atoms with van der Waals surface area (Å²) in [6.45, 7) is 0. The van der Waals surface area contributed by atoms with Gasteiger partial charge in [0.05, 0.1) is 19.5 Å². The Morgan fingerprint density at radius 2 is 2.08 bits per heavy atom. The van der Waals surface area contributed by atoms with E-state index in [1.807, 2.05) is 0 Å². The molecule has 1 amide bonds. The van der Waals surface area contributed by atoms with E-state index in [0.717, 1.165) is 0 Å². The molecule has 1 rings (SSSR count). The molecule has 0 aliphatic heterocycles. The first-order valence-corrected chi connectivity index (χ1v) is 3.05. The van der Waals surface area contributed by atoms with Gasteiger partial charge in [0.15, 0.2) is 5.75 Å². The summed E-state index contributed by atoms with van der Waals surface area (Å²) in [7, 11) is 1.43. The number of carbonyl (C=O) groups excluding carboxylic acids is 1. The Balaban J connectivity index is 2.71. The number of nitrogens with two attached hydrogens (primary N) is 1. The van der Waals surface area contributed by atoms with Crippen molar-refractivity contribution >= 4 is 6.09 Å². The maximum Gasteiger partial charge on any atom is 0.410 e. The third-order valence-corrected chi connectivity index (χ3v) is 1.01. The number of carbonyl (C=O) groups is 1. The van der Waals surface area contributed by atoms with E-state index in [-0.39, 0.29) is 11.8 Å². The molecule has 0 radical (unpaired) electrons. The largest absolute Gasteiger partial charge is 0.467 e. The van der Waals surface area contributed by atoms with Crippen LogP contribution >= 0.6 is 0 Å². The van der Waals surface area contributed by atoms with Crippen molar-refractivity contribution in [2.75, 3.05) is 7.11 Å². The molecule has 1 heterocycles. The summed E-state index contributed by atoms with van der Waals surface area (Å²) >= 11 is 0. The van der Waals surface area contributed by atoms with Crippen LogP contribution in [-0.4, -0.2) is 23.2 Å². The highest BCUT2D eigenvalue weighted by atomic mass is 16.5. The summed E-state index contributed by atoms with van der Waals surface area (Å²) < 4.78 is 9.15. The molecule has 0 saturated heterocycles. The van der Waals surface area contributed by atoms with Crippen LogP contribution in [0.25, 0.3) is 0 Å². The third-order valence-electron chi connectivity index (χ3n) is 1.01. The zero-order chi connectivity index (χ0) is 8.97. The van der Waals surface area contributed by atoms with Gasteiger partial charge >= 0.3 is 12.1 Å². The molecule has 1 aromatic rings. The first-order chi connectivity index (χ1) is 5.72. The highest BCUT2D eigenvalue weighted by Crippen LogP contribution is 2.08. The van der Waals surface area contributed by atoms with E-state index in [2.05, 4.69) is 19.4 Å². The third kappa shape index (κ3) is 2.08. The zero-order valence-electron chi connectivity index (χ0n) is 6.35. The van der Waals surface area contributed by atoms with Gasteiger partial charge in [0, 0.05) is 0 Å². The second kappa shape index (κ2) is 3.51. The smallest absolute Gasteiger partial charge is 0.410 e. The lowest BCUT2D eigenvalue weighted by Crippen LogP contribution is -2.16. The number of amides is 1. The molecule has 12 heavy (non-hydrogen) atoms. The van der Waals surface area contributed by atoms with E-state index in [9.17, 15) is 4.79 Å². The fourth-order valence-corrected chi connectivity index (χ4v) is 0.579. The minimum Gasteiger partial charge on any atom is -0.467 e. The molecule has 0 bridgehead atoms. The van der Waals surface area contributed by atoms with Crippen LogP contribution in [0.5, 0.6) is 11.8 Å². The quantitative estimate of drug-likeness (QED) is 0.670. The second-order valence-corrected chi connectivity index (χ2v) is 1.83. The summed E-state index contributed by atoms with van der Waals surface area (Å²) in [6.07, 6.45) is 1.68. The Morgan fingerprint density at radius 3 is 2.50 bits per heavy atom. The second-order valence-electron chi connectivity index (χ2n) is 1.83. The molecule has 0 spiro atoms. The van der Waals surface area contributed by atoms with Gasteiger partial charge in [-0.1, -0.05) is 0 Å². The standard InChI is InChI=1S/C6H7N3O3/c1-11-6-8-2-4(3-9-6)12-5(7)10/h2-3H,1H3,(H2,7,10). The number of ether oxygens (including phenoxy) is 2. The summed E-state index contributed by atoms with van der Waals surface area (Å²) in [6, 6.07) is 0.201. The molecule has 0 aliphatic carbocycles. The van der Waals surface area contributed by atoms with E-state index in [4.69, 9.17) is 5.73 Å². The van der Waals surface area contributed by atoms with Gasteiger partial charge < -0.3 is 15.2 Å². The number of methoxy groups -OCH3 is 1. The zero-order valence-corrected chi connectivity index (χ0v) is 6.35. The van der Waals surface area contributed by atoms with Gasteiger partial charge in [0.2, 0.25) is 0 Å². The van der Waals surface area contributed by atoms with E-state index < -0.39 is 6.09 Å². The lowest BCUT2D eigenvalue weighted by molar-refractivity contribution is 0.210. The summed E-state index contributed by atoms with van der Waals surface area (Å²) in [5, 5.41) is 0. The molecular weight excluding hydrogens is 162 g/mol. The molecule has 0 fully saturated rings. The van der Waals surface area contributed by atoms with Crippen molar-refractivity contribution in [1.82, 2.24) is 9.97 Å². The molecule has 0 aliphatic rings. The first kappa shape index (κ1) is 8.25. The summed E-state index contributed by atoms with van der Waals surface area (Å²) in [5.41, 5.74) is 4.75. The van der Waals surface area contributed by atoms with Crippen LogP contribution in [0, 0.1) is 0 Å². The minimum absolute atomic E-state index is 0.184. The van der Waals surface area contributed by atoms with Crippen molar-refractivity contribution in [2.24, 2.45) is 5.73 Å². The van der Waals surface area contributed by atoms with Crippen LogP contribution < -0.4 is 15.2 Å². The molecule has 6 heteroatoms. The molecular formula is C6H7N3O3. The highest BCUT2D eigenvalue weighted by molar-refractivity contribution is 5.67. The molecule has 0 unspecified atom stereocenters. The Labute approximate surface area is 68.3 Å². The molecule has 64 valence electrons. The molecule has 0 saturated carbocycles. The van der Waals surface area contributed by atoms with Crippen LogP contribution in [0.1, 0.15) is 0 Å². The first-order valence-electron chi connectivity index (χ1n) is 3.05. The highest BCUT2D eigenvalue weighted by Gasteiger charge is 1.99. The summed E-state index contributed by atoms with van der Waals surface area (Å²) in [5.74, 6) is 0.184. The van der Waals surface area contributed by atoms with E-state index >= 15 is 0 Å². The Bertz CT molecular complexity index is 272. The van der Waals surface area contributed by atoms with Crippen molar-refractivity contribution in [2.45, 2.75) is 0 Å². The number of aromatic nitrogens is 2. The topological polar surface area (TPSA) is 87.3 Å². The lowest BCUT2D eigenvalue weighted by Gasteiger charge is -1.99. The van der Waals surface area contributed by atoms with Crippen LogP contribution in [0.15, 0.2) is 12.4 Å². The number of primary amides is 1. The number of hydrogen-bond donors (Lipinski definition) is 1. The Morgan fingerprint density at radius 1 is 1.50 bits per heavy atom. The fourth-order valence-electron chi connectivity index (χ4n) is 0.579. The molecule has 1 aromatic heterocycles. The lowest BCUT2D eigenvalue weighted by atomic mass is 10.6. The molecule has 0 aromatic carbocycles. The monoisotopic (exact) mass is 169 g/mol. The SMILES string of the molecule is COc1ncc(OC(N)=O)cn1. The Hall–Kier alpha value is -1.85. The van der Waals surface area contributed by atoms with E-state index in [1.54, 1.807) is 0 Å². The van der Waals surface area contributed by atoms with E-state index in [0.29, 0.717) is 0 Å². The van der Waals surface area contributed by atoms with Crippen LogP contribution in [0.2, 0.25) is 0 Å². The minimum atomic E-state index is -0.899. The number of hydrogen-bond acceptors (Lipinski definition) is 5. The molecule has 6 nitrogen and oxygen atoms in total. The number of nitrogens with zero attached hydrogens (tertiary/aromatic N) is 2. The van der Waals surface area contributed by atoms with Crippen molar-refractivity contribution in [3.05, 3.63) is 12.4 Å². The Kier molecular flexibility index (Phi) is 2.42. The molecule has 2 N–H and O–H groups in total. The number of rotatable bonds is 2. The maximum atomic E-state index is 10.2. The average Bonchev–Trinajstić information content (AvgIpc) is 2.05. The van der Waals surface area contributed by atoms with E-state index in [1.165, 1.54) is 19.5 Å². The van der Waals surface area contributed by atoms with Crippen molar-refractivity contribution in [3.63, 3.8) is 0 Å².